The first-order valence-electron chi connectivity index (χ1n) is 6.35. The zero-order valence-corrected chi connectivity index (χ0v) is 12.2. The summed E-state index contributed by atoms with van der Waals surface area (Å²) in [6.45, 7) is 6.77. The van der Waals surface area contributed by atoms with Crippen LogP contribution in [0.3, 0.4) is 0 Å². The number of anilines is 1. The fraction of sp³-hybridized carbons (Fsp3) is 0.538. The van der Waals surface area contributed by atoms with E-state index in [1.165, 1.54) is 20.9 Å². The maximum Gasteiger partial charge on any atom is 0.233 e. The lowest BCUT2D eigenvalue weighted by atomic mass is 9.99. The molecule has 2 aromatic rings. The molecule has 0 aliphatic carbocycles. The summed E-state index contributed by atoms with van der Waals surface area (Å²) in [5.41, 5.74) is 1.55. The van der Waals surface area contributed by atoms with Gasteiger partial charge in [0.15, 0.2) is 0 Å². The van der Waals surface area contributed by atoms with E-state index < -0.39 is 0 Å². The third-order valence-corrected chi connectivity index (χ3v) is 6.43. The van der Waals surface area contributed by atoms with Crippen LogP contribution < -0.4 is 9.88 Å². The highest BCUT2D eigenvalue weighted by Gasteiger charge is 2.33. The number of aromatic nitrogens is 2. The van der Waals surface area contributed by atoms with Crippen LogP contribution in [-0.2, 0) is 18.7 Å². The lowest BCUT2D eigenvalue weighted by Crippen LogP contribution is -2.31. The first-order chi connectivity index (χ1) is 8.64. The van der Waals surface area contributed by atoms with E-state index in [0.29, 0.717) is 4.75 Å². The SMILES string of the molecule is CC1(C)Cc2c(sc3nc[n+]4c(c23)NCC4)CS1. The summed E-state index contributed by atoms with van der Waals surface area (Å²) >= 11 is 3.95. The molecule has 5 heteroatoms. The van der Waals surface area contributed by atoms with Crippen LogP contribution in [0.2, 0.25) is 0 Å². The number of fused-ring (bicyclic) bond motifs is 5. The molecule has 0 atom stereocenters. The van der Waals surface area contributed by atoms with Gasteiger partial charge in [0.1, 0.15) is 11.9 Å². The van der Waals surface area contributed by atoms with Crippen molar-refractivity contribution in [3.63, 3.8) is 0 Å². The first kappa shape index (κ1) is 11.1. The second kappa shape index (κ2) is 3.61. The molecule has 4 rings (SSSR count). The van der Waals surface area contributed by atoms with Gasteiger partial charge in [-0.25, -0.2) is 4.57 Å². The van der Waals surface area contributed by atoms with E-state index in [0.717, 1.165) is 25.3 Å². The maximum absolute atomic E-state index is 4.64. The third-order valence-electron chi connectivity index (χ3n) is 3.75. The van der Waals surface area contributed by atoms with Gasteiger partial charge in [-0.05, 0) is 12.0 Å². The molecule has 0 aromatic carbocycles. The summed E-state index contributed by atoms with van der Waals surface area (Å²) in [5, 5.41) is 4.92. The van der Waals surface area contributed by atoms with Crippen molar-refractivity contribution in [1.82, 2.24) is 4.98 Å². The highest BCUT2D eigenvalue weighted by Crippen LogP contribution is 2.45. The highest BCUT2D eigenvalue weighted by atomic mass is 32.2. The molecule has 3 nitrogen and oxygen atoms in total. The number of thiophene rings is 1. The van der Waals surface area contributed by atoms with E-state index in [9.17, 15) is 0 Å². The second-order valence-electron chi connectivity index (χ2n) is 5.62. The minimum Gasteiger partial charge on any atom is -0.302 e. The Morgan fingerprint density at radius 1 is 1.44 bits per heavy atom. The molecule has 0 saturated carbocycles. The van der Waals surface area contributed by atoms with E-state index in [4.69, 9.17) is 0 Å². The molecule has 2 aliphatic rings. The third kappa shape index (κ3) is 1.50. The summed E-state index contributed by atoms with van der Waals surface area (Å²) in [5.74, 6) is 2.43. The molecule has 0 saturated heterocycles. The van der Waals surface area contributed by atoms with Crippen molar-refractivity contribution in [2.24, 2.45) is 0 Å². The minimum atomic E-state index is 0.354. The van der Waals surface area contributed by atoms with Crippen LogP contribution in [0.25, 0.3) is 10.2 Å². The van der Waals surface area contributed by atoms with Gasteiger partial charge in [0.25, 0.3) is 0 Å². The molecule has 4 heterocycles. The van der Waals surface area contributed by atoms with Crippen molar-refractivity contribution in [2.45, 2.75) is 37.3 Å². The Hall–Kier alpha value is -0.810. The predicted octanol–water partition coefficient (Wildman–Crippen LogP) is 2.58. The highest BCUT2D eigenvalue weighted by molar-refractivity contribution is 8.00. The topological polar surface area (TPSA) is 28.8 Å². The van der Waals surface area contributed by atoms with Gasteiger partial charge in [0, 0.05) is 15.4 Å². The Bertz CT molecular complexity index is 645. The Labute approximate surface area is 115 Å². The average molecular weight is 278 g/mol. The molecule has 94 valence electrons. The largest absolute Gasteiger partial charge is 0.302 e. The van der Waals surface area contributed by atoms with Crippen molar-refractivity contribution >= 4 is 39.1 Å². The van der Waals surface area contributed by atoms with Crippen molar-refractivity contribution < 1.29 is 4.57 Å². The van der Waals surface area contributed by atoms with Crippen molar-refractivity contribution in [3.05, 3.63) is 16.8 Å². The van der Waals surface area contributed by atoms with Gasteiger partial charge >= 0.3 is 0 Å². The second-order valence-corrected chi connectivity index (χ2v) is 8.39. The summed E-state index contributed by atoms with van der Waals surface area (Å²) in [7, 11) is 0. The summed E-state index contributed by atoms with van der Waals surface area (Å²) < 4.78 is 2.61. The van der Waals surface area contributed by atoms with Crippen LogP contribution >= 0.6 is 23.1 Å². The van der Waals surface area contributed by atoms with Crippen molar-refractivity contribution in [2.75, 3.05) is 11.9 Å². The van der Waals surface area contributed by atoms with Crippen LogP contribution in [0.1, 0.15) is 24.3 Å². The summed E-state index contributed by atoms with van der Waals surface area (Å²) in [4.78, 5) is 7.38. The van der Waals surface area contributed by atoms with Crippen LogP contribution in [0.4, 0.5) is 5.82 Å². The lowest BCUT2D eigenvalue weighted by Gasteiger charge is -2.28. The molecular weight excluding hydrogens is 262 g/mol. The van der Waals surface area contributed by atoms with Crippen LogP contribution in [-0.4, -0.2) is 16.3 Å². The van der Waals surface area contributed by atoms with Crippen molar-refractivity contribution in [3.8, 4) is 0 Å². The van der Waals surface area contributed by atoms with E-state index in [1.54, 1.807) is 5.56 Å². The number of thioether (sulfide) groups is 1. The number of hydrogen-bond donors (Lipinski definition) is 1. The monoisotopic (exact) mass is 278 g/mol. The molecule has 18 heavy (non-hydrogen) atoms. The van der Waals surface area contributed by atoms with E-state index in [-0.39, 0.29) is 0 Å². The molecule has 0 bridgehead atoms. The molecule has 1 N–H and O–H groups in total. The van der Waals surface area contributed by atoms with Crippen LogP contribution in [0.5, 0.6) is 0 Å². The quantitative estimate of drug-likeness (QED) is 0.751. The first-order valence-corrected chi connectivity index (χ1v) is 8.15. The zero-order valence-electron chi connectivity index (χ0n) is 10.6. The smallest absolute Gasteiger partial charge is 0.233 e. The molecule has 2 aliphatic heterocycles. The van der Waals surface area contributed by atoms with Gasteiger partial charge in [0.05, 0.1) is 6.54 Å². The minimum absolute atomic E-state index is 0.354. The van der Waals surface area contributed by atoms with Gasteiger partial charge in [-0.3, -0.25) is 0 Å². The average Bonchev–Trinajstić information content (AvgIpc) is 2.89. The zero-order chi connectivity index (χ0) is 12.3. The van der Waals surface area contributed by atoms with Crippen LogP contribution in [0.15, 0.2) is 6.33 Å². The Morgan fingerprint density at radius 2 is 2.33 bits per heavy atom. The Balaban J connectivity index is 2.01. The molecule has 0 radical (unpaired) electrons. The molecule has 0 amide bonds. The number of rotatable bonds is 0. The predicted molar refractivity (Wildman–Crippen MR) is 77.4 cm³/mol. The van der Waals surface area contributed by atoms with Gasteiger partial charge in [0.2, 0.25) is 17.0 Å². The van der Waals surface area contributed by atoms with Gasteiger partial charge < -0.3 is 5.32 Å². The summed E-state index contributed by atoms with van der Waals surface area (Å²) in [6.07, 6.45) is 3.14. The number of hydrogen-bond acceptors (Lipinski definition) is 4. The van der Waals surface area contributed by atoms with Crippen LogP contribution in [0, 0.1) is 0 Å². The van der Waals surface area contributed by atoms with Gasteiger partial charge in [-0.15, -0.1) is 23.1 Å². The standard InChI is InChI=1S/C13H15N3S2/c1-13(2)5-8-9(6-17-13)18-12-10(8)11-14-3-4-16(11)7-15-12/h7H,3-6H2,1-2H3/p+1. The van der Waals surface area contributed by atoms with Crippen molar-refractivity contribution in [1.29, 1.82) is 0 Å². The van der Waals surface area contributed by atoms with E-state index in [1.807, 2.05) is 17.7 Å². The molecular formula is C13H16N3S2+. The fourth-order valence-electron chi connectivity index (χ4n) is 2.85. The molecule has 2 aromatic heterocycles. The van der Waals surface area contributed by atoms with Gasteiger partial charge in [-0.1, -0.05) is 18.8 Å². The van der Waals surface area contributed by atoms with E-state index in [2.05, 4.69) is 40.5 Å². The number of nitrogens with zero attached hydrogens (tertiary/aromatic N) is 2. The lowest BCUT2D eigenvalue weighted by molar-refractivity contribution is -0.672. The molecule has 0 spiro atoms. The number of nitrogens with one attached hydrogen (secondary N) is 1. The molecule has 0 fully saturated rings. The maximum atomic E-state index is 4.64. The van der Waals surface area contributed by atoms with Gasteiger partial charge in [-0.2, -0.15) is 0 Å². The summed E-state index contributed by atoms with van der Waals surface area (Å²) in [6, 6.07) is 0. The normalized spacial score (nSPS) is 20.6. The Kier molecular flexibility index (Phi) is 2.21. The Morgan fingerprint density at radius 3 is 3.22 bits per heavy atom. The van der Waals surface area contributed by atoms with E-state index >= 15 is 0 Å². The fourth-order valence-corrected chi connectivity index (χ4v) is 5.16. The molecule has 0 unspecified atom stereocenters.